The molecule has 0 spiro atoms. The lowest BCUT2D eigenvalue weighted by molar-refractivity contribution is 0.269. The van der Waals surface area contributed by atoms with Crippen molar-refractivity contribution in [1.82, 2.24) is 4.90 Å². The van der Waals surface area contributed by atoms with Crippen molar-refractivity contribution in [2.45, 2.75) is 19.4 Å². The number of ether oxygens (including phenoxy) is 1. The average Bonchev–Trinajstić information content (AvgIpc) is 2.92. The molecule has 0 radical (unpaired) electrons. The topological polar surface area (TPSA) is 12.5 Å². The zero-order valence-electron chi connectivity index (χ0n) is 13.8. The van der Waals surface area contributed by atoms with Gasteiger partial charge in [-0.1, -0.05) is 29.8 Å². The summed E-state index contributed by atoms with van der Waals surface area (Å²) >= 11 is 1.95. The van der Waals surface area contributed by atoms with Gasteiger partial charge in [-0.2, -0.15) is 0 Å². The highest BCUT2D eigenvalue weighted by Crippen LogP contribution is 2.43. The molecule has 23 heavy (non-hydrogen) atoms. The maximum absolute atomic E-state index is 5.30. The third-order valence-corrected chi connectivity index (χ3v) is 6.08. The Balaban J connectivity index is 1.86. The highest BCUT2D eigenvalue weighted by atomic mass is 32.1. The Kier molecular flexibility index (Phi) is 3.63. The molecule has 118 valence electrons. The van der Waals surface area contributed by atoms with Gasteiger partial charge in [0.05, 0.1) is 13.2 Å². The summed E-state index contributed by atoms with van der Waals surface area (Å²) in [6.07, 6.45) is 1.14. The van der Waals surface area contributed by atoms with Gasteiger partial charge in [0.25, 0.3) is 0 Å². The summed E-state index contributed by atoms with van der Waals surface area (Å²) in [5.74, 6) is 0.916. The van der Waals surface area contributed by atoms with Crippen molar-refractivity contribution in [3.8, 4) is 5.75 Å². The molecule has 1 aliphatic heterocycles. The van der Waals surface area contributed by atoms with Crippen LogP contribution in [0.2, 0.25) is 0 Å². The molecule has 0 fully saturated rings. The van der Waals surface area contributed by atoms with Crippen LogP contribution in [0.4, 0.5) is 0 Å². The molecule has 0 saturated heterocycles. The Bertz CT molecular complexity index is 850. The Morgan fingerprint density at radius 1 is 1.13 bits per heavy atom. The zero-order valence-corrected chi connectivity index (χ0v) is 14.6. The molecule has 4 rings (SSSR count). The number of methoxy groups -OCH3 is 1. The van der Waals surface area contributed by atoms with E-state index in [1.165, 1.54) is 26.1 Å². The van der Waals surface area contributed by atoms with E-state index in [-0.39, 0.29) is 0 Å². The summed E-state index contributed by atoms with van der Waals surface area (Å²) in [6, 6.07) is 15.7. The van der Waals surface area contributed by atoms with Gasteiger partial charge in [-0.25, -0.2) is 0 Å². The van der Waals surface area contributed by atoms with Crippen LogP contribution >= 0.6 is 11.3 Å². The van der Waals surface area contributed by atoms with Gasteiger partial charge in [0, 0.05) is 16.1 Å². The first kappa shape index (κ1) is 14.7. The fraction of sp³-hybridized carbons (Fsp3) is 0.300. The maximum atomic E-state index is 5.30. The quantitative estimate of drug-likeness (QED) is 0.672. The molecule has 0 amide bonds. The van der Waals surface area contributed by atoms with Crippen molar-refractivity contribution in [3.63, 3.8) is 0 Å². The first-order valence-corrected chi connectivity index (χ1v) is 8.85. The number of rotatable bonds is 2. The Morgan fingerprint density at radius 3 is 2.65 bits per heavy atom. The number of hydrogen-bond acceptors (Lipinski definition) is 3. The van der Waals surface area contributed by atoms with Crippen LogP contribution in [0, 0.1) is 6.92 Å². The molecule has 0 bridgehead atoms. The van der Waals surface area contributed by atoms with Crippen LogP contribution in [-0.2, 0) is 6.42 Å². The summed E-state index contributed by atoms with van der Waals surface area (Å²) in [5, 5.41) is 1.46. The van der Waals surface area contributed by atoms with Crippen LogP contribution in [-0.4, -0.2) is 25.6 Å². The normalized spacial score (nSPS) is 18.1. The van der Waals surface area contributed by atoms with Crippen molar-refractivity contribution in [2.24, 2.45) is 0 Å². The van der Waals surface area contributed by atoms with Crippen molar-refractivity contribution in [2.75, 3.05) is 20.7 Å². The first-order chi connectivity index (χ1) is 11.2. The van der Waals surface area contributed by atoms with Crippen molar-refractivity contribution >= 4 is 21.4 Å². The molecule has 0 aliphatic carbocycles. The van der Waals surface area contributed by atoms with E-state index in [1.54, 1.807) is 12.7 Å². The number of hydrogen-bond donors (Lipinski definition) is 0. The Hall–Kier alpha value is -1.84. The Labute approximate surface area is 141 Å². The maximum Gasteiger partial charge on any atom is 0.118 e. The largest absolute Gasteiger partial charge is 0.497 e. The second kappa shape index (κ2) is 5.66. The van der Waals surface area contributed by atoms with E-state index in [0.717, 1.165) is 18.7 Å². The van der Waals surface area contributed by atoms with Gasteiger partial charge in [0.15, 0.2) is 0 Å². The number of fused-ring (bicyclic) bond motifs is 3. The minimum absolute atomic E-state index is 0.349. The lowest BCUT2D eigenvalue weighted by Crippen LogP contribution is -2.31. The first-order valence-electron chi connectivity index (χ1n) is 8.03. The van der Waals surface area contributed by atoms with Gasteiger partial charge in [-0.05, 0) is 55.1 Å². The van der Waals surface area contributed by atoms with Crippen LogP contribution in [0.3, 0.4) is 0 Å². The monoisotopic (exact) mass is 323 g/mol. The third kappa shape index (κ3) is 2.44. The lowest BCUT2D eigenvalue weighted by Gasteiger charge is -2.33. The summed E-state index contributed by atoms with van der Waals surface area (Å²) < 4.78 is 6.71. The second-order valence-electron chi connectivity index (χ2n) is 6.35. The summed E-state index contributed by atoms with van der Waals surface area (Å²) in [5.41, 5.74) is 4.24. The van der Waals surface area contributed by atoms with E-state index in [9.17, 15) is 0 Å². The van der Waals surface area contributed by atoms with Gasteiger partial charge in [0.1, 0.15) is 5.75 Å². The lowest BCUT2D eigenvalue weighted by atomic mass is 9.93. The minimum Gasteiger partial charge on any atom is -0.497 e. The molecule has 1 atom stereocenters. The van der Waals surface area contributed by atoms with Crippen LogP contribution in [0.1, 0.15) is 27.6 Å². The van der Waals surface area contributed by atoms with Crippen LogP contribution in [0.25, 0.3) is 10.1 Å². The summed E-state index contributed by atoms with van der Waals surface area (Å²) in [7, 11) is 3.95. The Morgan fingerprint density at radius 2 is 1.91 bits per heavy atom. The molecule has 2 nitrogen and oxygen atoms in total. The SMILES string of the molecule is COc1ccc(C2c3sc4ccc(C)cc4c3CCN2C)cc1. The number of nitrogens with zero attached hydrogens (tertiary/aromatic N) is 1. The minimum atomic E-state index is 0.349. The third-order valence-electron chi connectivity index (χ3n) is 4.81. The molecule has 1 aliphatic rings. The van der Waals surface area contributed by atoms with Crippen molar-refractivity contribution in [1.29, 1.82) is 0 Å². The molecule has 1 aromatic heterocycles. The average molecular weight is 323 g/mol. The van der Waals surface area contributed by atoms with E-state index in [0.29, 0.717) is 6.04 Å². The van der Waals surface area contributed by atoms with Gasteiger partial charge >= 0.3 is 0 Å². The van der Waals surface area contributed by atoms with Crippen molar-refractivity contribution in [3.05, 3.63) is 64.0 Å². The molecule has 0 N–H and O–H groups in total. The van der Waals surface area contributed by atoms with E-state index in [4.69, 9.17) is 4.74 Å². The molecule has 3 heteroatoms. The van der Waals surface area contributed by atoms with Crippen LogP contribution < -0.4 is 4.74 Å². The fourth-order valence-corrected chi connectivity index (χ4v) is 5.00. The van der Waals surface area contributed by atoms with E-state index in [1.807, 2.05) is 11.3 Å². The van der Waals surface area contributed by atoms with Gasteiger partial charge in [-0.3, -0.25) is 4.90 Å². The number of aryl methyl sites for hydroxylation is 1. The second-order valence-corrected chi connectivity index (χ2v) is 7.43. The summed E-state index contributed by atoms with van der Waals surface area (Å²) in [4.78, 5) is 3.97. The van der Waals surface area contributed by atoms with Gasteiger partial charge in [0.2, 0.25) is 0 Å². The molecule has 2 aromatic carbocycles. The molecule has 1 unspecified atom stereocenters. The number of thiophene rings is 1. The van der Waals surface area contributed by atoms with Crippen molar-refractivity contribution < 1.29 is 4.74 Å². The predicted octanol–water partition coefficient (Wildman–Crippen LogP) is 4.80. The van der Waals surface area contributed by atoms with E-state index < -0.39 is 0 Å². The molecular weight excluding hydrogens is 302 g/mol. The molecule has 0 saturated carbocycles. The smallest absolute Gasteiger partial charge is 0.118 e. The van der Waals surface area contributed by atoms with Crippen LogP contribution in [0.15, 0.2) is 42.5 Å². The number of benzene rings is 2. The van der Waals surface area contributed by atoms with E-state index >= 15 is 0 Å². The molecule has 2 heterocycles. The standard InChI is InChI=1S/C20H21NOS/c1-13-4-9-18-17(12-13)16-10-11-21(2)19(20(16)23-18)14-5-7-15(22-3)8-6-14/h4-9,12,19H,10-11H2,1-3H3. The van der Waals surface area contributed by atoms with Crippen LogP contribution in [0.5, 0.6) is 5.75 Å². The van der Waals surface area contributed by atoms with E-state index in [2.05, 4.69) is 61.3 Å². The summed E-state index contributed by atoms with van der Waals surface area (Å²) in [6.45, 7) is 3.28. The molecule has 3 aromatic rings. The highest BCUT2D eigenvalue weighted by molar-refractivity contribution is 7.19. The predicted molar refractivity (Wildman–Crippen MR) is 97.7 cm³/mol. The van der Waals surface area contributed by atoms with Gasteiger partial charge < -0.3 is 4.74 Å². The molecular formula is C20H21NOS. The van der Waals surface area contributed by atoms with Gasteiger partial charge in [-0.15, -0.1) is 11.3 Å². The zero-order chi connectivity index (χ0) is 16.0. The number of likely N-dealkylation sites (N-methyl/N-ethyl adjacent to an activating group) is 1. The highest BCUT2D eigenvalue weighted by Gasteiger charge is 2.29. The fourth-order valence-electron chi connectivity index (χ4n) is 3.57.